The summed E-state index contributed by atoms with van der Waals surface area (Å²) in [6.07, 6.45) is 2.31. The van der Waals surface area contributed by atoms with Crippen LogP contribution in [0.25, 0.3) is 0 Å². The number of carbonyl (C=O) groups is 1. The van der Waals surface area contributed by atoms with E-state index in [0.717, 1.165) is 29.7 Å². The summed E-state index contributed by atoms with van der Waals surface area (Å²) < 4.78 is 6.65. The Bertz CT molecular complexity index is 704. The predicted octanol–water partition coefficient (Wildman–Crippen LogP) is 3.32. The Morgan fingerprint density at radius 1 is 1.24 bits per heavy atom. The number of hydrogen-bond donors (Lipinski definition) is 2. The molecule has 2 unspecified atom stereocenters. The highest BCUT2D eigenvalue weighted by Gasteiger charge is 2.21. The average Bonchev–Trinajstić information content (AvgIpc) is 2.99. The lowest BCUT2D eigenvalue weighted by Gasteiger charge is -2.35. The monoisotopic (exact) mass is 405 g/mol. The predicted molar refractivity (Wildman–Crippen MR) is 101 cm³/mol. The van der Waals surface area contributed by atoms with Crippen LogP contribution < -0.4 is 5.32 Å². The van der Waals surface area contributed by atoms with Gasteiger partial charge in [-0.05, 0) is 47.0 Å². The molecule has 2 atom stereocenters. The minimum Gasteiger partial charge on any atom is -0.373 e. The van der Waals surface area contributed by atoms with Gasteiger partial charge in [-0.15, -0.1) is 0 Å². The number of nitrogens with one attached hydrogen (secondary N) is 2. The van der Waals surface area contributed by atoms with E-state index in [1.165, 1.54) is 5.56 Å². The molecule has 2 aromatic rings. The van der Waals surface area contributed by atoms with E-state index in [9.17, 15) is 4.79 Å². The Morgan fingerprint density at radius 3 is 2.48 bits per heavy atom. The summed E-state index contributed by atoms with van der Waals surface area (Å²) in [5, 5.41) is 2.92. The van der Waals surface area contributed by atoms with Gasteiger partial charge in [0.25, 0.3) is 5.91 Å². The molecule has 134 valence electrons. The highest BCUT2D eigenvalue weighted by Crippen LogP contribution is 2.15. The molecule has 1 amide bonds. The molecule has 2 N–H and O–H groups in total. The van der Waals surface area contributed by atoms with Crippen molar-refractivity contribution in [3.8, 4) is 0 Å². The van der Waals surface area contributed by atoms with E-state index in [-0.39, 0.29) is 18.1 Å². The molecule has 1 aliphatic rings. The number of morpholine rings is 1. The first kappa shape index (κ1) is 18.2. The topological polar surface area (TPSA) is 57.4 Å². The Kier molecular flexibility index (Phi) is 5.93. The van der Waals surface area contributed by atoms with Crippen molar-refractivity contribution in [1.29, 1.82) is 0 Å². The van der Waals surface area contributed by atoms with Gasteiger partial charge in [0.1, 0.15) is 5.69 Å². The quantitative estimate of drug-likeness (QED) is 0.801. The molecule has 0 spiro atoms. The van der Waals surface area contributed by atoms with E-state index < -0.39 is 0 Å². The second-order valence-corrected chi connectivity index (χ2v) is 7.60. The first-order valence-electron chi connectivity index (χ1n) is 8.57. The maximum absolute atomic E-state index is 12.0. The third-order valence-corrected chi connectivity index (χ3v) is 4.73. The van der Waals surface area contributed by atoms with E-state index in [1.807, 2.05) is 0 Å². The molecule has 1 aliphatic heterocycles. The SMILES string of the molecule is CC1CN(Cc2ccc(CNC(=O)c3cc(Br)c[nH]3)cc2)CC(C)O1. The van der Waals surface area contributed by atoms with Crippen LogP contribution in [0.3, 0.4) is 0 Å². The van der Waals surface area contributed by atoms with Gasteiger partial charge in [0.2, 0.25) is 0 Å². The van der Waals surface area contributed by atoms with E-state index in [2.05, 4.69) is 69.2 Å². The number of rotatable bonds is 5. The zero-order chi connectivity index (χ0) is 17.8. The van der Waals surface area contributed by atoms with Gasteiger partial charge < -0.3 is 15.0 Å². The molecule has 1 fully saturated rings. The molecule has 5 nitrogen and oxygen atoms in total. The molecule has 25 heavy (non-hydrogen) atoms. The van der Waals surface area contributed by atoms with Crippen molar-refractivity contribution in [3.05, 3.63) is 57.8 Å². The second-order valence-electron chi connectivity index (χ2n) is 6.68. The standard InChI is InChI=1S/C19H24BrN3O2/c1-13-10-23(11-14(2)25-13)12-16-5-3-15(4-6-16)8-22-19(24)18-7-17(20)9-21-18/h3-7,9,13-14,21H,8,10-12H2,1-2H3,(H,22,24). The molecule has 1 saturated heterocycles. The number of H-pyrrole nitrogens is 1. The van der Waals surface area contributed by atoms with Gasteiger partial charge in [0, 0.05) is 36.8 Å². The molecular weight excluding hydrogens is 382 g/mol. The molecule has 0 saturated carbocycles. The summed E-state index contributed by atoms with van der Waals surface area (Å²) >= 11 is 3.33. The maximum atomic E-state index is 12.0. The van der Waals surface area contributed by atoms with Crippen LogP contribution in [-0.4, -0.2) is 41.1 Å². The van der Waals surface area contributed by atoms with Gasteiger partial charge in [-0.2, -0.15) is 0 Å². The number of carbonyl (C=O) groups excluding carboxylic acids is 1. The second kappa shape index (κ2) is 8.17. The first-order chi connectivity index (χ1) is 12.0. The van der Waals surface area contributed by atoms with Crippen molar-refractivity contribution in [2.24, 2.45) is 0 Å². The summed E-state index contributed by atoms with van der Waals surface area (Å²) in [4.78, 5) is 17.4. The van der Waals surface area contributed by atoms with Crippen molar-refractivity contribution < 1.29 is 9.53 Å². The highest BCUT2D eigenvalue weighted by atomic mass is 79.9. The van der Waals surface area contributed by atoms with Crippen molar-refractivity contribution in [2.45, 2.75) is 39.1 Å². The molecule has 0 radical (unpaired) electrons. The summed E-state index contributed by atoms with van der Waals surface area (Å²) in [5.74, 6) is -0.105. The largest absolute Gasteiger partial charge is 0.373 e. The lowest BCUT2D eigenvalue weighted by atomic mass is 10.1. The number of hydrogen-bond acceptors (Lipinski definition) is 3. The fourth-order valence-electron chi connectivity index (χ4n) is 3.21. The summed E-state index contributed by atoms with van der Waals surface area (Å²) in [7, 11) is 0. The van der Waals surface area contributed by atoms with Gasteiger partial charge in [-0.1, -0.05) is 24.3 Å². The van der Waals surface area contributed by atoms with Crippen LogP contribution in [0.15, 0.2) is 41.0 Å². The van der Waals surface area contributed by atoms with Gasteiger partial charge in [-0.3, -0.25) is 9.69 Å². The van der Waals surface area contributed by atoms with E-state index >= 15 is 0 Å². The molecule has 1 aromatic carbocycles. The number of ether oxygens (including phenoxy) is 1. The number of benzene rings is 1. The van der Waals surface area contributed by atoms with E-state index in [1.54, 1.807) is 12.3 Å². The Hall–Kier alpha value is -1.63. The molecule has 1 aromatic heterocycles. The van der Waals surface area contributed by atoms with Crippen LogP contribution in [0.5, 0.6) is 0 Å². The molecule has 0 bridgehead atoms. The fraction of sp³-hybridized carbons (Fsp3) is 0.421. The summed E-state index contributed by atoms with van der Waals surface area (Å²) in [5.41, 5.74) is 2.93. The molecule has 3 rings (SSSR count). The summed E-state index contributed by atoms with van der Waals surface area (Å²) in [6, 6.07) is 10.2. The maximum Gasteiger partial charge on any atom is 0.267 e. The number of aromatic amines is 1. The van der Waals surface area contributed by atoms with Gasteiger partial charge in [-0.25, -0.2) is 0 Å². The van der Waals surface area contributed by atoms with E-state index in [4.69, 9.17) is 4.74 Å². The third-order valence-electron chi connectivity index (χ3n) is 4.27. The van der Waals surface area contributed by atoms with Crippen LogP contribution in [0.2, 0.25) is 0 Å². The van der Waals surface area contributed by atoms with Gasteiger partial charge >= 0.3 is 0 Å². The zero-order valence-corrected chi connectivity index (χ0v) is 16.2. The normalized spacial score (nSPS) is 21.2. The lowest BCUT2D eigenvalue weighted by Crippen LogP contribution is -2.44. The zero-order valence-electron chi connectivity index (χ0n) is 14.6. The molecule has 2 heterocycles. The molecule has 0 aliphatic carbocycles. The van der Waals surface area contributed by atoms with Gasteiger partial charge in [0.05, 0.1) is 12.2 Å². The first-order valence-corrected chi connectivity index (χ1v) is 9.36. The van der Waals surface area contributed by atoms with E-state index in [0.29, 0.717) is 12.2 Å². The van der Waals surface area contributed by atoms with Crippen molar-refractivity contribution in [1.82, 2.24) is 15.2 Å². The number of amides is 1. The lowest BCUT2D eigenvalue weighted by molar-refractivity contribution is -0.0704. The average molecular weight is 406 g/mol. The Labute approximate surface area is 156 Å². The van der Waals surface area contributed by atoms with Crippen LogP contribution in [-0.2, 0) is 17.8 Å². The molecular formula is C19H24BrN3O2. The van der Waals surface area contributed by atoms with Crippen molar-refractivity contribution in [2.75, 3.05) is 13.1 Å². The molecule has 6 heteroatoms. The highest BCUT2D eigenvalue weighted by molar-refractivity contribution is 9.10. The Morgan fingerprint density at radius 2 is 1.88 bits per heavy atom. The summed E-state index contributed by atoms with van der Waals surface area (Å²) in [6.45, 7) is 7.62. The fourth-order valence-corrected chi connectivity index (χ4v) is 3.55. The van der Waals surface area contributed by atoms with Gasteiger partial charge in [0.15, 0.2) is 0 Å². The Balaban J connectivity index is 1.51. The number of halogens is 1. The third kappa shape index (κ3) is 5.17. The minimum atomic E-state index is -0.105. The van der Waals surface area contributed by atoms with Crippen molar-refractivity contribution >= 4 is 21.8 Å². The van der Waals surface area contributed by atoms with Crippen LogP contribution in [0.4, 0.5) is 0 Å². The number of nitrogens with zero attached hydrogens (tertiary/aromatic N) is 1. The van der Waals surface area contributed by atoms with Crippen molar-refractivity contribution in [3.63, 3.8) is 0 Å². The smallest absolute Gasteiger partial charge is 0.267 e. The van der Waals surface area contributed by atoms with Crippen LogP contribution in [0.1, 0.15) is 35.5 Å². The van der Waals surface area contributed by atoms with Crippen LogP contribution in [0, 0.1) is 0 Å². The number of aromatic nitrogens is 1. The van der Waals surface area contributed by atoms with Crippen LogP contribution >= 0.6 is 15.9 Å². The minimum absolute atomic E-state index is 0.105.